The van der Waals surface area contributed by atoms with Crippen molar-refractivity contribution in [1.82, 2.24) is 10.3 Å². The first kappa shape index (κ1) is 15.9. The largest absolute Gasteiger partial charge is 0.484 e. The summed E-state index contributed by atoms with van der Waals surface area (Å²) in [6.45, 7) is 0.630. The molecule has 0 aliphatic rings. The second-order valence-electron chi connectivity index (χ2n) is 5.20. The number of para-hydroxylation sites is 1. The van der Waals surface area contributed by atoms with Crippen LogP contribution in [-0.2, 0) is 11.2 Å². The highest BCUT2D eigenvalue weighted by Gasteiger charge is 2.05. The average Bonchev–Trinajstić information content (AvgIpc) is 2.98. The Bertz CT molecular complexity index is 796. The van der Waals surface area contributed by atoms with E-state index in [9.17, 15) is 4.79 Å². The molecular weight excluding hydrogens is 403 g/mol. The van der Waals surface area contributed by atoms with Crippen molar-refractivity contribution in [3.63, 3.8) is 0 Å². The zero-order chi connectivity index (χ0) is 16.1. The third-order valence-corrected chi connectivity index (χ3v) is 4.29. The van der Waals surface area contributed by atoms with E-state index in [4.69, 9.17) is 4.74 Å². The Morgan fingerprint density at radius 1 is 1.13 bits per heavy atom. The van der Waals surface area contributed by atoms with E-state index in [2.05, 4.69) is 39.0 Å². The molecule has 0 saturated carbocycles. The molecule has 0 bridgehead atoms. The predicted octanol–water partition coefficient (Wildman–Crippen LogP) is 3.51. The van der Waals surface area contributed by atoms with Crippen LogP contribution >= 0.6 is 22.6 Å². The summed E-state index contributed by atoms with van der Waals surface area (Å²) in [6, 6.07) is 15.8. The number of H-pyrrole nitrogens is 1. The Balaban J connectivity index is 1.45. The topological polar surface area (TPSA) is 54.1 Å². The van der Waals surface area contributed by atoms with Crippen molar-refractivity contribution in [3.05, 3.63) is 63.9 Å². The molecule has 1 heterocycles. The van der Waals surface area contributed by atoms with Crippen LogP contribution in [0, 0.1) is 3.57 Å². The zero-order valence-electron chi connectivity index (χ0n) is 12.5. The first-order valence-electron chi connectivity index (χ1n) is 7.42. The van der Waals surface area contributed by atoms with E-state index in [0.29, 0.717) is 12.3 Å². The van der Waals surface area contributed by atoms with Gasteiger partial charge in [-0.25, -0.2) is 0 Å². The number of rotatable bonds is 6. The molecule has 0 fully saturated rings. The summed E-state index contributed by atoms with van der Waals surface area (Å²) in [6.07, 6.45) is 2.79. The highest BCUT2D eigenvalue weighted by atomic mass is 127. The molecule has 0 spiro atoms. The quantitative estimate of drug-likeness (QED) is 0.600. The Labute approximate surface area is 148 Å². The second-order valence-corrected chi connectivity index (χ2v) is 6.45. The number of hydrogen-bond donors (Lipinski definition) is 2. The van der Waals surface area contributed by atoms with Gasteiger partial charge < -0.3 is 15.0 Å². The summed E-state index contributed by atoms with van der Waals surface area (Å²) in [5.41, 5.74) is 2.33. The van der Waals surface area contributed by atoms with Gasteiger partial charge in [-0.2, -0.15) is 0 Å². The third-order valence-electron chi connectivity index (χ3n) is 3.57. The summed E-state index contributed by atoms with van der Waals surface area (Å²) < 4.78 is 6.60. The molecule has 2 aromatic carbocycles. The number of fused-ring (bicyclic) bond motifs is 1. The van der Waals surface area contributed by atoms with Crippen molar-refractivity contribution < 1.29 is 9.53 Å². The number of hydrogen-bond acceptors (Lipinski definition) is 2. The maximum absolute atomic E-state index is 11.8. The van der Waals surface area contributed by atoms with Crippen LogP contribution in [0.3, 0.4) is 0 Å². The predicted molar refractivity (Wildman–Crippen MR) is 99.7 cm³/mol. The molecule has 3 rings (SSSR count). The molecule has 118 valence electrons. The lowest BCUT2D eigenvalue weighted by Crippen LogP contribution is -2.30. The molecule has 0 atom stereocenters. The fourth-order valence-corrected chi connectivity index (χ4v) is 2.77. The minimum Gasteiger partial charge on any atom is -0.484 e. The van der Waals surface area contributed by atoms with Gasteiger partial charge in [0.1, 0.15) is 5.75 Å². The summed E-state index contributed by atoms with van der Waals surface area (Å²) in [7, 11) is 0. The lowest BCUT2D eigenvalue weighted by atomic mass is 10.1. The van der Waals surface area contributed by atoms with E-state index < -0.39 is 0 Å². The van der Waals surface area contributed by atoms with Gasteiger partial charge in [0.15, 0.2) is 6.61 Å². The van der Waals surface area contributed by atoms with Crippen molar-refractivity contribution in [3.8, 4) is 5.75 Å². The van der Waals surface area contributed by atoms with Crippen molar-refractivity contribution in [2.75, 3.05) is 13.2 Å². The van der Waals surface area contributed by atoms with E-state index in [1.54, 1.807) is 0 Å². The van der Waals surface area contributed by atoms with E-state index in [1.807, 2.05) is 48.7 Å². The second kappa shape index (κ2) is 7.50. The highest BCUT2D eigenvalue weighted by Crippen LogP contribution is 2.17. The Morgan fingerprint density at radius 2 is 1.91 bits per heavy atom. The van der Waals surface area contributed by atoms with Crippen LogP contribution < -0.4 is 10.1 Å². The van der Waals surface area contributed by atoms with Gasteiger partial charge in [-0.3, -0.25) is 4.79 Å². The molecule has 23 heavy (non-hydrogen) atoms. The van der Waals surface area contributed by atoms with Crippen LogP contribution in [0.2, 0.25) is 0 Å². The molecule has 1 aromatic heterocycles. The fourth-order valence-electron chi connectivity index (χ4n) is 2.41. The number of amides is 1. The zero-order valence-corrected chi connectivity index (χ0v) is 14.7. The van der Waals surface area contributed by atoms with Crippen LogP contribution in [0.5, 0.6) is 5.75 Å². The standard InChI is InChI=1S/C18H17IN2O2/c19-14-5-7-15(8-6-14)23-12-18(22)20-10-9-13-11-21-17-4-2-1-3-16(13)17/h1-8,11,21H,9-10,12H2,(H,20,22). The van der Waals surface area contributed by atoms with Crippen LogP contribution in [0.25, 0.3) is 10.9 Å². The van der Waals surface area contributed by atoms with Gasteiger partial charge in [-0.1, -0.05) is 18.2 Å². The van der Waals surface area contributed by atoms with Crippen LogP contribution in [0.4, 0.5) is 0 Å². The lowest BCUT2D eigenvalue weighted by molar-refractivity contribution is -0.123. The van der Waals surface area contributed by atoms with Gasteiger partial charge in [0, 0.05) is 27.2 Å². The minimum atomic E-state index is -0.108. The molecule has 2 N–H and O–H groups in total. The Hall–Kier alpha value is -2.02. The number of aromatic amines is 1. The molecular formula is C18H17IN2O2. The van der Waals surface area contributed by atoms with E-state index >= 15 is 0 Å². The van der Waals surface area contributed by atoms with Crippen molar-refractivity contribution >= 4 is 39.4 Å². The minimum absolute atomic E-state index is 0.0362. The fraction of sp³-hybridized carbons (Fsp3) is 0.167. The molecule has 0 saturated heterocycles. The number of nitrogens with one attached hydrogen (secondary N) is 2. The molecule has 3 aromatic rings. The van der Waals surface area contributed by atoms with E-state index in [-0.39, 0.29) is 12.5 Å². The molecule has 1 amide bonds. The SMILES string of the molecule is O=C(COc1ccc(I)cc1)NCCc1c[nH]c2ccccc12. The van der Waals surface area contributed by atoms with Crippen LogP contribution in [-0.4, -0.2) is 24.0 Å². The lowest BCUT2D eigenvalue weighted by Gasteiger charge is -2.07. The summed E-state index contributed by atoms with van der Waals surface area (Å²) in [5.74, 6) is 0.598. The third kappa shape index (κ3) is 4.25. The van der Waals surface area contributed by atoms with Crippen LogP contribution in [0.1, 0.15) is 5.56 Å². The average molecular weight is 420 g/mol. The van der Waals surface area contributed by atoms with Gasteiger partial charge >= 0.3 is 0 Å². The number of halogens is 1. The first-order chi connectivity index (χ1) is 11.2. The van der Waals surface area contributed by atoms with Gasteiger partial charge in [0.05, 0.1) is 0 Å². The molecule has 0 aliphatic heterocycles. The van der Waals surface area contributed by atoms with E-state index in [0.717, 1.165) is 15.5 Å². The molecule has 0 radical (unpaired) electrons. The Kier molecular flexibility index (Phi) is 5.17. The van der Waals surface area contributed by atoms with E-state index in [1.165, 1.54) is 10.9 Å². The van der Waals surface area contributed by atoms with Crippen molar-refractivity contribution in [1.29, 1.82) is 0 Å². The highest BCUT2D eigenvalue weighted by molar-refractivity contribution is 14.1. The summed E-state index contributed by atoms with van der Waals surface area (Å²) in [5, 5.41) is 4.09. The van der Waals surface area contributed by atoms with Gasteiger partial charge in [-0.15, -0.1) is 0 Å². The summed E-state index contributed by atoms with van der Waals surface area (Å²) >= 11 is 2.23. The molecule has 5 heteroatoms. The maximum atomic E-state index is 11.8. The monoisotopic (exact) mass is 420 g/mol. The van der Waals surface area contributed by atoms with Crippen molar-refractivity contribution in [2.45, 2.75) is 6.42 Å². The first-order valence-corrected chi connectivity index (χ1v) is 8.50. The number of aromatic nitrogens is 1. The van der Waals surface area contributed by atoms with Gasteiger partial charge in [0.25, 0.3) is 5.91 Å². The Morgan fingerprint density at radius 3 is 2.74 bits per heavy atom. The molecule has 0 unspecified atom stereocenters. The normalized spacial score (nSPS) is 10.7. The maximum Gasteiger partial charge on any atom is 0.257 e. The molecule has 0 aliphatic carbocycles. The number of ether oxygens (including phenoxy) is 1. The van der Waals surface area contributed by atoms with Crippen molar-refractivity contribution in [2.24, 2.45) is 0 Å². The number of benzene rings is 2. The van der Waals surface area contributed by atoms with Gasteiger partial charge in [-0.05, 0) is 64.9 Å². The summed E-state index contributed by atoms with van der Waals surface area (Å²) in [4.78, 5) is 15.1. The van der Waals surface area contributed by atoms with Crippen LogP contribution in [0.15, 0.2) is 54.7 Å². The molecule has 4 nitrogen and oxygen atoms in total. The number of carbonyl (C=O) groups excluding carboxylic acids is 1. The van der Waals surface area contributed by atoms with Gasteiger partial charge in [0.2, 0.25) is 0 Å². The number of carbonyl (C=O) groups is 1. The smallest absolute Gasteiger partial charge is 0.257 e.